The minimum atomic E-state index is -0.545. The van der Waals surface area contributed by atoms with Gasteiger partial charge in [-0.2, -0.15) is 4.98 Å². The molecule has 0 saturated heterocycles. The smallest absolute Gasteiger partial charge is 0.240 e. The Labute approximate surface area is 109 Å². The van der Waals surface area contributed by atoms with Gasteiger partial charge in [0.15, 0.2) is 5.82 Å². The second kappa shape index (κ2) is 6.33. The van der Waals surface area contributed by atoms with Crippen molar-refractivity contribution < 1.29 is 4.52 Å². The van der Waals surface area contributed by atoms with Crippen molar-refractivity contribution >= 4 is 12.4 Å². The first-order valence-electron chi connectivity index (χ1n) is 5.66. The molecule has 1 aromatic heterocycles. The third-order valence-electron chi connectivity index (χ3n) is 2.77. The van der Waals surface area contributed by atoms with Crippen molar-refractivity contribution in [3.8, 4) is 0 Å². The molecule has 0 radical (unpaired) electrons. The van der Waals surface area contributed by atoms with E-state index in [1.165, 1.54) is 0 Å². The molecule has 0 aromatic carbocycles. The molecule has 5 nitrogen and oxygen atoms in total. The summed E-state index contributed by atoms with van der Waals surface area (Å²) in [6, 6.07) is 0.501. The van der Waals surface area contributed by atoms with Gasteiger partial charge in [0.2, 0.25) is 5.89 Å². The Kier molecular flexibility index (Phi) is 6.09. The Morgan fingerprint density at radius 2 is 2.06 bits per heavy atom. The number of hydrogen-bond donors (Lipinski definition) is 1. The first-order valence-corrected chi connectivity index (χ1v) is 5.66. The molecule has 0 fully saturated rings. The van der Waals surface area contributed by atoms with Gasteiger partial charge >= 0.3 is 0 Å². The standard InChI is InChI=1S/C11H22N4O.ClH/c1-6-8(2)15(5)7-9-13-10(14-16-9)11(3,4)12;/h8H,6-7,12H2,1-5H3;1H. The van der Waals surface area contributed by atoms with Crippen LogP contribution in [0.4, 0.5) is 0 Å². The molecule has 0 aliphatic heterocycles. The Balaban J connectivity index is 0.00000256. The van der Waals surface area contributed by atoms with Crippen molar-refractivity contribution in [3.63, 3.8) is 0 Å². The number of nitrogens with two attached hydrogens (primary N) is 1. The van der Waals surface area contributed by atoms with Gasteiger partial charge in [0.25, 0.3) is 0 Å². The van der Waals surface area contributed by atoms with E-state index in [9.17, 15) is 0 Å². The third-order valence-corrected chi connectivity index (χ3v) is 2.77. The van der Waals surface area contributed by atoms with Crippen LogP contribution in [0.1, 0.15) is 45.8 Å². The van der Waals surface area contributed by atoms with Crippen molar-refractivity contribution in [1.82, 2.24) is 15.0 Å². The second-order valence-electron chi connectivity index (χ2n) is 4.91. The molecule has 17 heavy (non-hydrogen) atoms. The molecular weight excluding hydrogens is 240 g/mol. The van der Waals surface area contributed by atoms with Crippen molar-refractivity contribution in [2.24, 2.45) is 5.73 Å². The zero-order chi connectivity index (χ0) is 12.3. The lowest BCUT2D eigenvalue weighted by molar-refractivity contribution is 0.210. The maximum atomic E-state index is 5.89. The van der Waals surface area contributed by atoms with Gasteiger partial charge in [-0.1, -0.05) is 12.1 Å². The van der Waals surface area contributed by atoms with E-state index >= 15 is 0 Å². The van der Waals surface area contributed by atoms with E-state index in [-0.39, 0.29) is 12.4 Å². The van der Waals surface area contributed by atoms with Gasteiger partial charge in [-0.05, 0) is 34.2 Å². The van der Waals surface area contributed by atoms with Gasteiger partial charge in [-0.15, -0.1) is 12.4 Å². The molecule has 6 heteroatoms. The van der Waals surface area contributed by atoms with Crippen LogP contribution >= 0.6 is 12.4 Å². The molecule has 1 aromatic rings. The minimum Gasteiger partial charge on any atom is -0.338 e. The Hall–Kier alpha value is -0.650. The predicted molar refractivity (Wildman–Crippen MR) is 70.0 cm³/mol. The molecule has 1 unspecified atom stereocenters. The summed E-state index contributed by atoms with van der Waals surface area (Å²) in [6.07, 6.45) is 1.10. The van der Waals surface area contributed by atoms with Gasteiger partial charge in [0, 0.05) is 6.04 Å². The zero-order valence-corrected chi connectivity index (χ0v) is 12.0. The summed E-state index contributed by atoms with van der Waals surface area (Å²) in [5.41, 5.74) is 5.34. The van der Waals surface area contributed by atoms with E-state index < -0.39 is 5.54 Å². The van der Waals surface area contributed by atoms with Crippen molar-refractivity contribution in [1.29, 1.82) is 0 Å². The molecule has 0 amide bonds. The summed E-state index contributed by atoms with van der Waals surface area (Å²) >= 11 is 0. The fourth-order valence-electron chi connectivity index (χ4n) is 1.26. The molecule has 100 valence electrons. The lowest BCUT2D eigenvalue weighted by Crippen LogP contribution is -2.30. The molecule has 0 spiro atoms. The van der Waals surface area contributed by atoms with E-state index in [4.69, 9.17) is 10.3 Å². The van der Waals surface area contributed by atoms with Gasteiger partial charge in [-0.3, -0.25) is 4.90 Å². The molecule has 1 atom stereocenters. The summed E-state index contributed by atoms with van der Waals surface area (Å²) in [5.74, 6) is 1.18. The van der Waals surface area contributed by atoms with E-state index in [0.29, 0.717) is 24.3 Å². The zero-order valence-electron chi connectivity index (χ0n) is 11.2. The molecule has 0 bridgehead atoms. The van der Waals surface area contributed by atoms with Crippen LogP contribution in [0.25, 0.3) is 0 Å². The largest absolute Gasteiger partial charge is 0.338 e. The highest BCUT2D eigenvalue weighted by Crippen LogP contribution is 2.14. The highest BCUT2D eigenvalue weighted by molar-refractivity contribution is 5.85. The Bertz CT molecular complexity index is 334. The first kappa shape index (κ1) is 16.4. The van der Waals surface area contributed by atoms with Crippen LogP contribution in [-0.2, 0) is 12.1 Å². The van der Waals surface area contributed by atoms with Crippen LogP contribution in [0.5, 0.6) is 0 Å². The summed E-state index contributed by atoms with van der Waals surface area (Å²) < 4.78 is 5.17. The summed E-state index contributed by atoms with van der Waals surface area (Å²) in [6.45, 7) is 8.71. The van der Waals surface area contributed by atoms with Crippen molar-refractivity contribution in [3.05, 3.63) is 11.7 Å². The normalized spacial score (nSPS) is 13.6. The monoisotopic (exact) mass is 262 g/mol. The van der Waals surface area contributed by atoms with Gasteiger partial charge in [-0.25, -0.2) is 0 Å². The summed E-state index contributed by atoms with van der Waals surface area (Å²) in [7, 11) is 2.05. The Morgan fingerprint density at radius 3 is 2.47 bits per heavy atom. The molecular formula is C11H23ClN4O. The highest BCUT2D eigenvalue weighted by Gasteiger charge is 2.22. The topological polar surface area (TPSA) is 68.2 Å². The number of aromatic nitrogens is 2. The van der Waals surface area contributed by atoms with Crippen molar-refractivity contribution in [2.75, 3.05) is 7.05 Å². The Morgan fingerprint density at radius 1 is 1.47 bits per heavy atom. The van der Waals surface area contributed by atoms with E-state index in [1.54, 1.807) is 0 Å². The molecule has 1 heterocycles. The second-order valence-corrected chi connectivity index (χ2v) is 4.91. The molecule has 0 saturated carbocycles. The average molecular weight is 263 g/mol. The SMILES string of the molecule is CCC(C)N(C)Cc1nc(C(C)(C)N)no1.Cl. The van der Waals surface area contributed by atoms with E-state index in [0.717, 1.165) is 6.42 Å². The number of hydrogen-bond acceptors (Lipinski definition) is 5. The van der Waals surface area contributed by atoms with Crippen LogP contribution < -0.4 is 5.73 Å². The van der Waals surface area contributed by atoms with Crippen LogP contribution in [0, 0.1) is 0 Å². The molecule has 2 N–H and O–H groups in total. The van der Waals surface area contributed by atoms with Gasteiger partial charge in [0.1, 0.15) is 0 Å². The lowest BCUT2D eigenvalue weighted by Gasteiger charge is -2.21. The van der Waals surface area contributed by atoms with Crippen LogP contribution in [0.3, 0.4) is 0 Å². The maximum absolute atomic E-state index is 5.89. The van der Waals surface area contributed by atoms with Gasteiger partial charge in [0.05, 0.1) is 12.1 Å². The third kappa shape index (κ3) is 4.61. The van der Waals surface area contributed by atoms with Crippen LogP contribution in [0.2, 0.25) is 0 Å². The van der Waals surface area contributed by atoms with E-state index in [1.807, 2.05) is 20.9 Å². The molecule has 0 aliphatic carbocycles. The summed E-state index contributed by atoms with van der Waals surface area (Å²) in [5, 5.41) is 3.89. The number of halogens is 1. The van der Waals surface area contributed by atoms with Gasteiger partial charge < -0.3 is 10.3 Å². The van der Waals surface area contributed by atoms with E-state index in [2.05, 4.69) is 28.9 Å². The lowest BCUT2D eigenvalue weighted by atomic mass is 10.1. The number of nitrogens with zero attached hydrogens (tertiary/aromatic N) is 3. The molecule has 1 rings (SSSR count). The maximum Gasteiger partial charge on any atom is 0.240 e. The van der Waals surface area contributed by atoms with Crippen molar-refractivity contribution in [2.45, 2.75) is 52.2 Å². The number of rotatable bonds is 5. The molecule has 0 aliphatic rings. The quantitative estimate of drug-likeness (QED) is 0.878. The highest BCUT2D eigenvalue weighted by atomic mass is 35.5. The fraction of sp³-hybridized carbons (Fsp3) is 0.818. The first-order chi connectivity index (χ1) is 7.34. The average Bonchev–Trinajstić information content (AvgIpc) is 2.64. The minimum absolute atomic E-state index is 0. The predicted octanol–water partition coefficient (Wildman–Crippen LogP) is 1.92. The summed E-state index contributed by atoms with van der Waals surface area (Å²) in [4.78, 5) is 6.48. The van der Waals surface area contributed by atoms with Crippen LogP contribution in [-0.4, -0.2) is 28.1 Å². The fourth-order valence-corrected chi connectivity index (χ4v) is 1.26. The van der Waals surface area contributed by atoms with Crippen LogP contribution in [0.15, 0.2) is 4.52 Å².